The number of H-pyrrole nitrogens is 1. The van der Waals surface area contributed by atoms with E-state index in [2.05, 4.69) is 15.6 Å². The third-order valence-corrected chi connectivity index (χ3v) is 3.72. The zero-order chi connectivity index (χ0) is 14.8. The summed E-state index contributed by atoms with van der Waals surface area (Å²) in [7, 11) is 0. The average molecular weight is 326 g/mol. The number of fused-ring (bicyclic) bond motifs is 1. The maximum absolute atomic E-state index is 13.2. The van der Waals surface area contributed by atoms with Crippen LogP contribution in [0.5, 0.6) is 0 Å². The lowest BCUT2D eigenvalue weighted by atomic mass is 10.0. The fourth-order valence-corrected chi connectivity index (χ4v) is 2.65. The van der Waals surface area contributed by atoms with E-state index in [0.717, 1.165) is 25.9 Å². The number of amides is 1. The number of aromatic nitrogens is 1. The van der Waals surface area contributed by atoms with E-state index in [1.165, 1.54) is 24.3 Å². The van der Waals surface area contributed by atoms with Gasteiger partial charge in [0, 0.05) is 17.5 Å². The Bertz CT molecular complexity index is 741. The molecule has 0 spiro atoms. The van der Waals surface area contributed by atoms with Gasteiger partial charge >= 0.3 is 0 Å². The molecule has 0 aliphatic carbocycles. The molecule has 1 saturated heterocycles. The minimum atomic E-state index is -0.450. The molecule has 1 aromatic heterocycles. The Morgan fingerprint density at radius 1 is 1.23 bits per heavy atom. The molecule has 0 unspecified atom stereocenters. The predicted molar refractivity (Wildman–Crippen MR) is 85.1 cm³/mol. The van der Waals surface area contributed by atoms with E-state index >= 15 is 0 Å². The van der Waals surface area contributed by atoms with Crippen molar-refractivity contribution in [3.63, 3.8) is 0 Å². The Morgan fingerprint density at radius 2 is 1.95 bits per heavy atom. The summed E-state index contributed by atoms with van der Waals surface area (Å²) in [6, 6.07) is 5.38. The van der Waals surface area contributed by atoms with Gasteiger partial charge in [-0.1, -0.05) is 0 Å². The van der Waals surface area contributed by atoms with Crippen LogP contribution in [0.4, 0.5) is 4.39 Å². The first-order chi connectivity index (χ1) is 10.1. The molecule has 2 aromatic rings. The number of piperidine rings is 1. The van der Waals surface area contributed by atoms with Crippen molar-refractivity contribution in [1.82, 2.24) is 15.6 Å². The maximum Gasteiger partial charge on any atom is 0.252 e. The van der Waals surface area contributed by atoms with Gasteiger partial charge < -0.3 is 15.6 Å². The van der Waals surface area contributed by atoms with E-state index in [1.807, 2.05) is 0 Å². The van der Waals surface area contributed by atoms with Crippen molar-refractivity contribution in [3.05, 3.63) is 46.0 Å². The molecule has 0 radical (unpaired) electrons. The van der Waals surface area contributed by atoms with Crippen molar-refractivity contribution in [3.8, 4) is 0 Å². The first-order valence-corrected chi connectivity index (χ1v) is 6.97. The number of nitrogens with one attached hydrogen (secondary N) is 3. The Labute approximate surface area is 132 Å². The molecule has 7 heteroatoms. The lowest BCUT2D eigenvalue weighted by Crippen LogP contribution is -2.42. The van der Waals surface area contributed by atoms with Crippen molar-refractivity contribution in [2.24, 2.45) is 0 Å². The fourth-order valence-electron chi connectivity index (χ4n) is 2.65. The molecular formula is C15H17ClFN3O2. The molecule has 22 heavy (non-hydrogen) atoms. The van der Waals surface area contributed by atoms with Crippen LogP contribution in [0.2, 0.25) is 0 Å². The van der Waals surface area contributed by atoms with Crippen molar-refractivity contribution in [1.29, 1.82) is 0 Å². The van der Waals surface area contributed by atoms with Gasteiger partial charge in [0.1, 0.15) is 5.82 Å². The van der Waals surface area contributed by atoms with Crippen molar-refractivity contribution in [2.75, 3.05) is 13.1 Å². The molecule has 5 nitrogen and oxygen atoms in total. The zero-order valence-electron chi connectivity index (χ0n) is 11.8. The number of halogens is 2. The number of aromatic amines is 1. The second-order valence-corrected chi connectivity index (χ2v) is 5.23. The summed E-state index contributed by atoms with van der Waals surface area (Å²) in [5.41, 5.74) is 0.203. The van der Waals surface area contributed by atoms with Crippen LogP contribution in [0.3, 0.4) is 0 Å². The van der Waals surface area contributed by atoms with Crippen molar-refractivity contribution in [2.45, 2.75) is 18.9 Å². The second-order valence-electron chi connectivity index (χ2n) is 5.23. The van der Waals surface area contributed by atoms with Crippen LogP contribution < -0.4 is 16.2 Å². The molecule has 1 fully saturated rings. The van der Waals surface area contributed by atoms with E-state index in [4.69, 9.17) is 0 Å². The number of carbonyl (C=O) groups is 1. The van der Waals surface area contributed by atoms with E-state index in [9.17, 15) is 14.0 Å². The topological polar surface area (TPSA) is 74.0 Å². The van der Waals surface area contributed by atoms with Crippen molar-refractivity contribution < 1.29 is 9.18 Å². The highest BCUT2D eigenvalue weighted by Gasteiger charge is 2.18. The van der Waals surface area contributed by atoms with Crippen LogP contribution in [0.25, 0.3) is 10.9 Å². The van der Waals surface area contributed by atoms with Crippen LogP contribution in [0.1, 0.15) is 23.2 Å². The van der Waals surface area contributed by atoms with Gasteiger partial charge in [-0.2, -0.15) is 0 Å². The summed E-state index contributed by atoms with van der Waals surface area (Å²) < 4.78 is 13.2. The van der Waals surface area contributed by atoms with Crippen LogP contribution >= 0.6 is 12.4 Å². The highest BCUT2D eigenvalue weighted by molar-refractivity contribution is 6.06. The number of benzene rings is 1. The standard InChI is InChI=1S/C15H16FN3O2.ClH/c16-9-1-2-11-12(8-14(20)19-13(11)7-9)15(21)18-10-3-5-17-6-4-10;/h1-2,7-8,10,17H,3-6H2,(H,18,21)(H,19,20);1H. The summed E-state index contributed by atoms with van der Waals surface area (Å²) in [6.45, 7) is 1.73. The van der Waals surface area contributed by atoms with Crippen LogP contribution in [-0.4, -0.2) is 30.0 Å². The summed E-state index contributed by atoms with van der Waals surface area (Å²) in [4.78, 5) is 26.6. The molecule has 1 aromatic carbocycles. The fraction of sp³-hybridized carbons (Fsp3) is 0.333. The van der Waals surface area contributed by atoms with Crippen LogP contribution in [0.15, 0.2) is 29.1 Å². The Balaban J connectivity index is 0.00000176. The molecule has 3 rings (SSSR count). The molecule has 3 N–H and O–H groups in total. The summed E-state index contributed by atoms with van der Waals surface area (Å²) >= 11 is 0. The average Bonchev–Trinajstić information content (AvgIpc) is 2.47. The molecule has 0 saturated carbocycles. The van der Waals surface area contributed by atoms with Crippen LogP contribution in [0, 0.1) is 5.82 Å². The number of carbonyl (C=O) groups excluding carboxylic acids is 1. The Kier molecular flexibility index (Phi) is 5.15. The molecular weight excluding hydrogens is 309 g/mol. The molecule has 2 heterocycles. The summed E-state index contributed by atoms with van der Waals surface area (Å²) in [5.74, 6) is -0.737. The Hall–Kier alpha value is -1.92. The number of hydrogen-bond acceptors (Lipinski definition) is 3. The number of rotatable bonds is 2. The number of hydrogen-bond donors (Lipinski definition) is 3. The predicted octanol–water partition coefficient (Wildman–Crippen LogP) is 1.57. The van der Waals surface area contributed by atoms with E-state index in [0.29, 0.717) is 10.9 Å². The van der Waals surface area contributed by atoms with Gasteiger partial charge in [0.25, 0.3) is 5.91 Å². The number of pyridine rings is 1. The van der Waals surface area contributed by atoms with Gasteiger partial charge in [0.2, 0.25) is 5.56 Å². The monoisotopic (exact) mass is 325 g/mol. The minimum absolute atomic E-state index is 0. The smallest absolute Gasteiger partial charge is 0.252 e. The summed E-state index contributed by atoms with van der Waals surface area (Å²) in [6.07, 6.45) is 1.73. The lowest BCUT2D eigenvalue weighted by molar-refractivity contribution is 0.0931. The quantitative estimate of drug-likeness (QED) is 0.784. The van der Waals surface area contributed by atoms with E-state index < -0.39 is 11.4 Å². The molecule has 1 amide bonds. The van der Waals surface area contributed by atoms with Gasteiger partial charge in [-0.25, -0.2) is 4.39 Å². The first kappa shape index (κ1) is 16.5. The Morgan fingerprint density at radius 3 is 2.68 bits per heavy atom. The molecule has 0 atom stereocenters. The maximum atomic E-state index is 13.2. The van der Waals surface area contributed by atoms with Gasteiger partial charge in [-0.05, 0) is 44.1 Å². The lowest BCUT2D eigenvalue weighted by Gasteiger charge is -2.23. The normalized spacial score (nSPS) is 15.3. The van der Waals surface area contributed by atoms with Crippen molar-refractivity contribution >= 4 is 29.2 Å². The minimum Gasteiger partial charge on any atom is -0.349 e. The zero-order valence-corrected chi connectivity index (χ0v) is 12.6. The van der Waals surface area contributed by atoms with E-state index in [1.54, 1.807) is 0 Å². The molecule has 0 bridgehead atoms. The highest BCUT2D eigenvalue weighted by atomic mass is 35.5. The van der Waals surface area contributed by atoms with E-state index in [-0.39, 0.29) is 29.9 Å². The van der Waals surface area contributed by atoms with Crippen LogP contribution in [-0.2, 0) is 0 Å². The summed E-state index contributed by atoms with van der Waals surface area (Å²) in [5, 5.41) is 6.71. The second kappa shape index (κ2) is 6.89. The third-order valence-electron chi connectivity index (χ3n) is 3.72. The first-order valence-electron chi connectivity index (χ1n) is 6.97. The van der Waals surface area contributed by atoms with Gasteiger partial charge in [0.05, 0.1) is 11.1 Å². The highest BCUT2D eigenvalue weighted by Crippen LogP contribution is 2.17. The molecule has 1 aliphatic rings. The largest absolute Gasteiger partial charge is 0.349 e. The van der Waals surface area contributed by atoms with Gasteiger partial charge in [-0.15, -0.1) is 12.4 Å². The SMILES string of the molecule is Cl.O=C(NC1CCNCC1)c1cc(=O)[nH]c2cc(F)ccc12. The van der Waals surface area contributed by atoms with Gasteiger partial charge in [-0.3, -0.25) is 9.59 Å². The van der Waals surface area contributed by atoms with Gasteiger partial charge in [0.15, 0.2) is 0 Å². The third kappa shape index (κ3) is 3.45. The molecule has 118 valence electrons. The molecule has 1 aliphatic heterocycles.